The Labute approximate surface area is 91.4 Å². The second-order valence-electron chi connectivity index (χ2n) is 3.42. The first-order valence-electron chi connectivity index (χ1n) is 4.81. The largest absolute Gasteiger partial charge is 0.508 e. The summed E-state index contributed by atoms with van der Waals surface area (Å²) in [5.74, 6) is -0.721. The first-order valence-corrected chi connectivity index (χ1v) is 4.81. The molecule has 0 saturated carbocycles. The number of aryl methyl sites for hydroxylation is 1. The minimum Gasteiger partial charge on any atom is -0.508 e. The van der Waals surface area contributed by atoms with Gasteiger partial charge in [0, 0.05) is 17.9 Å². The molecule has 0 saturated heterocycles. The van der Waals surface area contributed by atoms with Crippen molar-refractivity contribution in [3.63, 3.8) is 0 Å². The standard InChI is InChI=1S/C11H10N2O3/c14-7-1-2-8-9(3-4-11(15)16)12-6-13-10(8)5-7/h1-2,5-6,14H,3-4H2,(H,15,16). The number of phenols is 1. The summed E-state index contributed by atoms with van der Waals surface area (Å²) in [4.78, 5) is 18.5. The van der Waals surface area contributed by atoms with Gasteiger partial charge in [0.1, 0.15) is 12.1 Å². The highest BCUT2D eigenvalue weighted by atomic mass is 16.4. The number of rotatable bonds is 3. The zero-order valence-electron chi connectivity index (χ0n) is 8.42. The third-order valence-corrected chi connectivity index (χ3v) is 2.28. The number of aliphatic carboxylic acids is 1. The van der Waals surface area contributed by atoms with Gasteiger partial charge >= 0.3 is 5.97 Å². The molecule has 5 nitrogen and oxygen atoms in total. The number of carboxylic acid groups (broad SMARTS) is 1. The van der Waals surface area contributed by atoms with Gasteiger partial charge in [-0.05, 0) is 12.1 Å². The molecule has 0 aliphatic rings. The number of carboxylic acids is 1. The van der Waals surface area contributed by atoms with Crippen molar-refractivity contribution in [3.05, 3.63) is 30.2 Å². The molecule has 0 radical (unpaired) electrons. The summed E-state index contributed by atoms with van der Waals surface area (Å²) in [7, 11) is 0. The normalized spacial score (nSPS) is 10.5. The van der Waals surface area contributed by atoms with Gasteiger partial charge in [-0.25, -0.2) is 9.97 Å². The first-order chi connectivity index (χ1) is 7.66. The Morgan fingerprint density at radius 1 is 1.31 bits per heavy atom. The fourth-order valence-electron chi connectivity index (χ4n) is 1.53. The van der Waals surface area contributed by atoms with E-state index in [1.807, 2.05) is 0 Å². The number of hydrogen-bond donors (Lipinski definition) is 2. The second-order valence-corrected chi connectivity index (χ2v) is 3.42. The zero-order chi connectivity index (χ0) is 11.5. The van der Waals surface area contributed by atoms with Crippen molar-refractivity contribution >= 4 is 16.9 Å². The first kappa shape index (κ1) is 10.4. The number of carbonyl (C=O) groups is 1. The lowest BCUT2D eigenvalue weighted by atomic mass is 10.1. The Bertz CT molecular complexity index is 540. The highest BCUT2D eigenvalue weighted by molar-refractivity contribution is 5.82. The van der Waals surface area contributed by atoms with E-state index in [0.717, 1.165) is 5.39 Å². The van der Waals surface area contributed by atoms with Crippen molar-refractivity contribution in [1.82, 2.24) is 9.97 Å². The van der Waals surface area contributed by atoms with E-state index >= 15 is 0 Å². The molecular weight excluding hydrogens is 208 g/mol. The van der Waals surface area contributed by atoms with Gasteiger partial charge in [-0.1, -0.05) is 0 Å². The summed E-state index contributed by atoms with van der Waals surface area (Å²) >= 11 is 0. The van der Waals surface area contributed by atoms with Crippen LogP contribution in [0.3, 0.4) is 0 Å². The average molecular weight is 218 g/mol. The zero-order valence-corrected chi connectivity index (χ0v) is 8.42. The van der Waals surface area contributed by atoms with E-state index in [9.17, 15) is 9.90 Å². The molecule has 0 spiro atoms. The molecule has 2 N–H and O–H groups in total. The monoisotopic (exact) mass is 218 g/mol. The van der Waals surface area contributed by atoms with Gasteiger partial charge in [-0.3, -0.25) is 4.79 Å². The lowest BCUT2D eigenvalue weighted by molar-refractivity contribution is -0.136. The number of aromatic nitrogens is 2. The lowest BCUT2D eigenvalue weighted by Gasteiger charge is -2.03. The number of nitrogens with zero attached hydrogens (tertiary/aromatic N) is 2. The molecule has 0 amide bonds. The van der Waals surface area contributed by atoms with Crippen molar-refractivity contribution in [3.8, 4) is 5.75 Å². The van der Waals surface area contributed by atoms with Gasteiger partial charge in [-0.2, -0.15) is 0 Å². The number of benzene rings is 1. The van der Waals surface area contributed by atoms with Crippen molar-refractivity contribution in [1.29, 1.82) is 0 Å². The molecule has 0 fully saturated rings. The van der Waals surface area contributed by atoms with Crippen LogP contribution in [0.4, 0.5) is 0 Å². The molecule has 0 aliphatic heterocycles. The molecule has 1 aromatic heterocycles. The van der Waals surface area contributed by atoms with E-state index in [-0.39, 0.29) is 12.2 Å². The predicted molar refractivity (Wildman–Crippen MR) is 57.2 cm³/mol. The summed E-state index contributed by atoms with van der Waals surface area (Å²) in [6, 6.07) is 4.76. The van der Waals surface area contributed by atoms with Gasteiger partial charge in [0.2, 0.25) is 0 Å². The maximum absolute atomic E-state index is 10.5. The molecule has 1 heterocycles. The fourth-order valence-corrected chi connectivity index (χ4v) is 1.53. The fraction of sp³-hybridized carbons (Fsp3) is 0.182. The van der Waals surface area contributed by atoms with Crippen LogP contribution in [-0.4, -0.2) is 26.2 Å². The van der Waals surface area contributed by atoms with Crippen LogP contribution in [0.2, 0.25) is 0 Å². The minimum absolute atomic E-state index is 0.0347. The average Bonchev–Trinajstić information content (AvgIpc) is 2.25. The molecule has 0 bridgehead atoms. The molecule has 1 aromatic carbocycles. The van der Waals surface area contributed by atoms with E-state index in [2.05, 4.69) is 9.97 Å². The van der Waals surface area contributed by atoms with Crippen LogP contribution >= 0.6 is 0 Å². The summed E-state index contributed by atoms with van der Waals surface area (Å²) in [6.45, 7) is 0. The summed E-state index contributed by atoms with van der Waals surface area (Å²) in [6.07, 6.45) is 1.77. The van der Waals surface area contributed by atoms with E-state index in [1.54, 1.807) is 6.07 Å². The van der Waals surface area contributed by atoms with Crippen molar-refractivity contribution in [2.75, 3.05) is 0 Å². The second kappa shape index (κ2) is 4.14. The van der Waals surface area contributed by atoms with E-state index in [1.165, 1.54) is 18.5 Å². The van der Waals surface area contributed by atoms with Crippen LogP contribution in [0.25, 0.3) is 10.9 Å². The molecule has 16 heavy (non-hydrogen) atoms. The smallest absolute Gasteiger partial charge is 0.303 e. The van der Waals surface area contributed by atoms with Crippen LogP contribution in [0, 0.1) is 0 Å². The van der Waals surface area contributed by atoms with Crippen LogP contribution in [0.5, 0.6) is 5.75 Å². The maximum Gasteiger partial charge on any atom is 0.303 e. The van der Waals surface area contributed by atoms with E-state index in [4.69, 9.17) is 5.11 Å². The molecule has 5 heteroatoms. The number of fused-ring (bicyclic) bond motifs is 1. The lowest BCUT2D eigenvalue weighted by Crippen LogP contribution is -2.00. The van der Waals surface area contributed by atoms with Gasteiger partial charge in [0.25, 0.3) is 0 Å². The molecule has 2 rings (SSSR count). The molecule has 0 aliphatic carbocycles. The van der Waals surface area contributed by atoms with Gasteiger partial charge in [0.15, 0.2) is 0 Å². The highest BCUT2D eigenvalue weighted by Crippen LogP contribution is 2.20. The number of hydrogen-bond acceptors (Lipinski definition) is 4. The Hall–Kier alpha value is -2.17. The van der Waals surface area contributed by atoms with Gasteiger partial charge in [-0.15, -0.1) is 0 Å². The number of phenolic OH excluding ortho intramolecular Hbond substituents is 1. The van der Waals surface area contributed by atoms with Crippen molar-refractivity contribution in [2.24, 2.45) is 0 Å². The third kappa shape index (κ3) is 2.08. The summed E-state index contributed by atoms with van der Waals surface area (Å²) in [5, 5.41) is 18.7. The minimum atomic E-state index is -0.856. The molecule has 82 valence electrons. The summed E-state index contributed by atoms with van der Waals surface area (Å²) < 4.78 is 0. The van der Waals surface area contributed by atoms with Crippen molar-refractivity contribution in [2.45, 2.75) is 12.8 Å². The Morgan fingerprint density at radius 2 is 2.12 bits per heavy atom. The molecule has 0 unspecified atom stereocenters. The van der Waals surface area contributed by atoms with Crippen LogP contribution in [-0.2, 0) is 11.2 Å². The number of aromatic hydroxyl groups is 1. The van der Waals surface area contributed by atoms with Gasteiger partial charge in [0.05, 0.1) is 17.6 Å². The topological polar surface area (TPSA) is 83.3 Å². The van der Waals surface area contributed by atoms with Crippen LogP contribution in [0.1, 0.15) is 12.1 Å². The third-order valence-electron chi connectivity index (χ3n) is 2.28. The Balaban J connectivity index is 2.41. The Morgan fingerprint density at radius 3 is 2.88 bits per heavy atom. The SMILES string of the molecule is O=C(O)CCc1ncnc2cc(O)ccc12. The maximum atomic E-state index is 10.5. The quantitative estimate of drug-likeness (QED) is 0.812. The highest BCUT2D eigenvalue weighted by Gasteiger charge is 2.06. The molecule has 0 atom stereocenters. The van der Waals surface area contributed by atoms with Crippen LogP contribution < -0.4 is 0 Å². The van der Waals surface area contributed by atoms with E-state index < -0.39 is 5.97 Å². The molecular formula is C11H10N2O3. The Kier molecular flexibility index (Phi) is 2.68. The van der Waals surface area contributed by atoms with Gasteiger partial charge < -0.3 is 10.2 Å². The molecule has 2 aromatic rings. The van der Waals surface area contributed by atoms with Crippen LogP contribution in [0.15, 0.2) is 24.5 Å². The van der Waals surface area contributed by atoms with E-state index in [0.29, 0.717) is 17.6 Å². The predicted octanol–water partition coefficient (Wildman–Crippen LogP) is 1.35. The summed E-state index contributed by atoms with van der Waals surface area (Å²) in [5.41, 5.74) is 1.31. The van der Waals surface area contributed by atoms with Crippen molar-refractivity contribution < 1.29 is 15.0 Å².